The van der Waals surface area contributed by atoms with Gasteiger partial charge in [-0.15, -0.1) is 0 Å². The van der Waals surface area contributed by atoms with E-state index < -0.39 is 40.5 Å². The number of hydrogen-bond acceptors (Lipinski definition) is 6. The van der Waals surface area contributed by atoms with Gasteiger partial charge < -0.3 is 18.6 Å². The Morgan fingerprint density at radius 3 is 2.35 bits per heavy atom. The molecular formula is C24H14F4O6. The molecule has 0 saturated carbocycles. The number of carbonyl (C=O) groups is 1. The summed E-state index contributed by atoms with van der Waals surface area (Å²) in [5.74, 6) is -4.68. The zero-order valence-corrected chi connectivity index (χ0v) is 17.3. The van der Waals surface area contributed by atoms with E-state index in [1.54, 1.807) is 6.07 Å². The van der Waals surface area contributed by atoms with Crippen molar-refractivity contribution in [3.63, 3.8) is 0 Å². The minimum Gasteiger partial charge on any atom is -0.497 e. The van der Waals surface area contributed by atoms with Gasteiger partial charge in [0.1, 0.15) is 28.6 Å². The molecule has 0 aliphatic rings. The summed E-state index contributed by atoms with van der Waals surface area (Å²) in [5.41, 5.74) is -1.97. The minimum absolute atomic E-state index is 0.0769. The lowest BCUT2D eigenvalue weighted by Crippen LogP contribution is -2.16. The van der Waals surface area contributed by atoms with Crippen LogP contribution < -0.4 is 19.6 Å². The van der Waals surface area contributed by atoms with Crippen LogP contribution in [-0.4, -0.2) is 13.1 Å². The van der Waals surface area contributed by atoms with E-state index in [-0.39, 0.29) is 22.4 Å². The highest BCUT2D eigenvalue weighted by Crippen LogP contribution is 2.39. The molecule has 4 aromatic rings. The Bertz CT molecular complexity index is 1440. The van der Waals surface area contributed by atoms with E-state index in [0.29, 0.717) is 5.75 Å². The number of methoxy groups -OCH3 is 1. The van der Waals surface area contributed by atoms with Gasteiger partial charge in [0.2, 0.25) is 11.2 Å². The molecule has 0 bridgehead atoms. The smallest absolute Gasteiger partial charge is 0.453 e. The number of fused-ring (bicyclic) bond motifs is 1. The Morgan fingerprint density at radius 1 is 0.912 bits per heavy atom. The molecule has 10 heteroatoms. The normalized spacial score (nSPS) is 11.3. The average Bonchev–Trinajstić information content (AvgIpc) is 2.80. The molecule has 4 rings (SSSR count). The van der Waals surface area contributed by atoms with Crippen molar-refractivity contribution in [2.75, 3.05) is 7.11 Å². The van der Waals surface area contributed by atoms with Gasteiger partial charge >= 0.3 is 12.1 Å². The number of carbonyl (C=O) groups excluding carboxylic acids is 1. The van der Waals surface area contributed by atoms with E-state index in [0.717, 1.165) is 18.2 Å². The van der Waals surface area contributed by atoms with Crippen molar-refractivity contribution in [2.24, 2.45) is 0 Å². The molecule has 0 atom stereocenters. The zero-order valence-electron chi connectivity index (χ0n) is 17.3. The highest BCUT2D eigenvalue weighted by molar-refractivity contribution is 5.92. The van der Waals surface area contributed by atoms with Crippen molar-refractivity contribution in [1.29, 1.82) is 0 Å². The highest BCUT2D eigenvalue weighted by atomic mass is 19.4. The lowest BCUT2D eigenvalue weighted by molar-refractivity contribution is -0.154. The van der Waals surface area contributed by atoms with Crippen molar-refractivity contribution >= 4 is 16.9 Å². The van der Waals surface area contributed by atoms with Crippen molar-refractivity contribution in [3.8, 4) is 23.0 Å². The number of rotatable bonds is 5. The number of halogens is 4. The van der Waals surface area contributed by atoms with Crippen LogP contribution in [0.3, 0.4) is 0 Å². The van der Waals surface area contributed by atoms with Crippen molar-refractivity contribution in [1.82, 2.24) is 0 Å². The topological polar surface area (TPSA) is 75.0 Å². The fraction of sp³-hybridized carbons (Fsp3) is 0.0833. The molecule has 0 aliphatic carbocycles. The van der Waals surface area contributed by atoms with Gasteiger partial charge in [0.25, 0.3) is 5.76 Å². The predicted molar refractivity (Wildman–Crippen MR) is 112 cm³/mol. The van der Waals surface area contributed by atoms with E-state index in [9.17, 15) is 27.2 Å². The zero-order chi connectivity index (χ0) is 24.5. The molecule has 34 heavy (non-hydrogen) atoms. The maximum absolute atomic E-state index is 13.8. The van der Waals surface area contributed by atoms with E-state index in [4.69, 9.17) is 18.6 Å². The number of benzene rings is 3. The van der Waals surface area contributed by atoms with Crippen LogP contribution in [0.1, 0.15) is 16.1 Å². The molecule has 0 unspecified atom stereocenters. The highest BCUT2D eigenvalue weighted by Gasteiger charge is 2.40. The summed E-state index contributed by atoms with van der Waals surface area (Å²) >= 11 is 0. The van der Waals surface area contributed by atoms with E-state index in [1.807, 2.05) is 0 Å². The van der Waals surface area contributed by atoms with Crippen LogP contribution in [0.25, 0.3) is 11.0 Å². The van der Waals surface area contributed by atoms with E-state index in [2.05, 4.69) is 0 Å². The van der Waals surface area contributed by atoms with Crippen LogP contribution in [0.4, 0.5) is 17.6 Å². The second-order valence-corrected chi connectivity index (χ2v) is 6.90. The summed E-state index contributed by atoms with van der Waals surface area (Å²) < 4.78 is 75.2. The molecular weight excluding hydrogens is 460 g/mol. The first-order valence-electron chi connectivity index (χ1n) is 9.64. The molecule has 0 N–H and O–H groups in total. The lowest BCUT2D eigenvalue weighted by Gasteiger charge is -2.14. The number of ether oxygens (including phenoxy) is 3. The molecule has 1 heterocycles. The Hall–Kier alpha value is -4.34. The summed E-state index contributed by atoms with van der Waals surface area (Å²) in [6, 6.07) is 13.9. The molecule has 1 aromatic heterocycles. The van der Waals surface area contributed by atoms with Crippen LogP contribution in [0.15, 0.2) is 75.9 Å². The monoisotopic (exact) mass is 474 g/mol. The Kier molecular flexibility index (Phi) is 5.97. The average molecular weight is 474 g/mol. The summed E-state index contributed by atoms with van der Waals surface area (Å²) in [7, 11) is 1.36. The first kappa shape index (κ1) is 22.8. The summed E-state index contributed by atoms with van der Waals surface area (Å²) in [6.07, 6.45) is -5.08. The molecule has 0 aliphatic heterocycles. The SMILES string of the molecule is COc1cccc(Oc2c(C(F)(F)F)oc3cc(OC(=O)c4ccccc4F)ccc3c2=O)c1. The summed E-state index contributed by atoms with van der Waals surface area (Å²) in [4.78, 5) is 25.1. The molecule has 174 valence electrons. The molecule has 0 amide bonds. The summed E-state index contributed by atoms with van der Waals surface area (Å²) in [6.45, 7) is 0. The predicted octanol–water partition coefficient (Wildman–Crippen LogP) is 5.97. The third kappa shape index (κ3) is 4.56. The molecule has 0 saturated heterocycles. The fourth-order valence-corrected chi connectivity index (χ4v) is 3.07. The van der Waals surface area contributed by atoms with Gasteiger partial charge in [0.05, 0.1) is 18.1 Å². The van der Waals surface area contributed by atoms with Gasteiger partial charge in [-0.25, -0.2) is 9.18 Å². The van der Waals surface area contributed by atoms with Crippen LogP contribution in [0.5, 0.6) is 23.0 Å². The maximum atomic E-state index is 13.8. The molecule has 0 radical (unpaired) electrons. The standard InChI is InChI=1S/C24H14F4O6/c1-31-13-5-4-6-14(11-13)32-21-20(29)17-10-9-15(12-19(17)34-22(21)24(26,27)28)33-23(30)16-7-2-3-8-18(16)25/h2-12H,1H3. The molecule has 3 aromatic carbocycles. The van der Waals surface area contributed by atoms with Gasteiger partial charge in [-0.05, 0) is 36.4 Å². The van der Waals surface area contributed by atoms with Crippen molar-refractivity contribution in [2.45, 2.75) is 6.18 Å². The van der Waals surface area contributed by atoms with Crippen molar-refractivity contribution in [3.05, 3.63) is 94.1 Å². The lowest BCUT2D eigenvalue weighted by atomic mass is 10.2. The Labute approximate surface area is 188 Å². The molecule has 0 fully saturated rings. The third-order valence-electron chi connectivity index (χ3n) is 4.65. The Morgan fingerprint density at radius 2 is 1.65 bits per heavy atom. The first-order chi connectivity index (χ1) is 16.2. The quantitative estimate of drug-likeness (QED) is 0.202. The van der Waals surface area contributed by atoms with Crippen LogP contribution in [-0.2, 0) is 6.18 Å². The minimum atomic E-state index is -5.08. The fourth-order valence-electron chi connectivity index (χ4n) is 3.07. The maximum Gasteiger partial charge on any atom is 0.453 e. The third-order valence-corrected chi connectivity index (χ3v) is 4.65. The van der Waals surface area contributed by atoms with E-state index in [1.165, 1.54) is 49.6 Å². The largest absolute Gasteiger partial charge is 0.497 e. The first-order valence-corrected chi connectivity index (χ1v) is 9.64. The second kappa shape index (κ2) is 8.89. The van der Waals surface area contributed by atoms with Crippen LogP contribution >= 0.6 is 0 Å². The molecule has 6 nitrogen and oxygen atoms in total. The second-order valence-electron chi connectivity index (χ2n) is 6.90. The van der Waals surface area contributed by atoms with E-state index >= 15 is 0 Å². The van der Waals surface area contributed by atoms with Gasteiger partial charge in [-0.3, -0.25) is 4.79 Å². The summed E-state index contributed by atoms with van der Waals surface area (Å²) in [5, 5.41) is -0.253. The Balaban J connectivity index is 1.76. The van der Waals surface area contributed by atoms with Gasteiger partial charge in [0.15, 0.2) is 0 Å². The molecule has 0 spiro atoms. The van der Waals surface area contributed by atoms with Gasteiger partial charge in [-0.2, -0.15) is 13.2 Å². The number of alkyl halides is 3. The number of hydrogen-bond donors (Lipinski definition) is 0. The van der Waals surface area contributed by atoms with Crippen LogP contribution in [0.2, 0.25) is 0 Å². The number of esters is 1. The van der Waals surface area contributed by atoms with Gasteiger partial charge in [0, 0.05) is 12.1 Å². The van der Waals surface area contributed by atoms with Crippen LogP contribution in [0, 0.1) is 5.82 Å². The van der Waals surface area contributed by atoms with Gasteiger partial charge in [-0.1, -0.05) is 18.2 Å². The van der Waals surface area contributed by atoms with Crippen molar-refractivity contribution < 1.29 is 41.0 Å².